The first-order valence-electron chi connectivity index (χ1n) is 11.1. The van der Waals surface area contributed by atoms with Gasteiger partial charge < -0.3 is 14.2 Å². The summed E-state index contributed by atoms with van der Waals surface area (Å²) >= 11 is 1.26. The summed E-state index contributed by atoms with van der Waals surface area (Å²) in [5, 5.41) is 12.2. The molecule has 1 amide bonds. The lowest BCUT2D eigenvalue weighted by atomic mass is 10.1. The molecule has 1 atom stereocenters. The van der Waals surface area contributed by atoms with Gasteiger partial charge >= 0.3 is 0 Å². The normalized spacial score (nSPS) is 11.9. The number of nitrogens with zero attached hydrogens (tertiary/aromatic N) is 2. The van der Waals surface area contributed by atoms with Crippen molar-refractivity contribution in [3.63, 3.8) is 0 Å². The molecule has 11 heteroatoms. The predicted octanol–water partition coefficient (Wildman–Crippen LogP) is 4.74. The van der Waals surface area contributed by atoms with Gasteiger partial charge in [0.15, 0.2) is 26.5 Å². The van der Waals surface area contributed by atoms with Crippen LogP contribution in [0.5, 0.6) is 17.2 Å². The molecule has 0 aliphatic rings. The van der Waals surface area contributed by atoms with E-state index in [2.05, 4.69) is 10.3 Å². The Balaban J connectivity index is 1.66. The first-order valence-corrected chi connectivity index (χ1v) is 13.6. The number of sulfone groups is 1. The van der Waals surface area contributed by atoms with Crippen LogP contribution in [0, 0.1) is 11.3 Å². The molecule has 0 aliphatic heterocycles. The van der Waals surface area contributed by atoms with E-state index in [9.17, 15) is 13.2 Å². The van der Waals surface area contributed by atoms with Gasteiger partial charge in [-0.05, 0) is 36.4 Å². The molecule has 37 heavy (non-hydrogen) atoms. The van der Waals surface area contributed by atoms with E-state index >= 15 is 0 Å². The Morgan fingerprint density at radius 1 is 1.05 bits per heavy atom. The summed E-state index contributed by atoms with van der Waals surface area (Å²) in [5.41, 5.74) is 1.51. The molecule has 190 valence electrons. The minimum Gasteiger partial charge on any atom is -0.493 e. The van der Waals surface area contributed by atoms with Crippen molar-refractivity contribution < 1.29 is 27.4 Å². The number of fused-ring (bicyclic) bond motifs is 1. The van der Waals surface area contributed by atoms with E-state index in [4.69, 9.17) is 19.5 Å². The molecule has 1 aromatic heterocycles. The number of hydrogen-bond acceptors (Lipinski definition) is 9. The maximum absolute atomic E-state index is 13.4. The van der Waals surface area contributed by atoms with Gasteiger partial charge in [0.1, 0.15) is 5.75 Å². The molecule has 4 rings (SSSR count). The molecule has 0 saturated heterocycles. The van der Waals surface area contributed by atoms with Crippen LogP contribution in [0.3, 0.4) is 0 Å². The van der Waals surface area contributed by atoms with Gasteiger partial charge in [-0.15, -0.1) is 0 Å². The Bertz CT molecular complexity index is 1530. The molecule has 3 aromatic carbocycles. The Kier molecular flexibility index (Phi) is 7.61. The summed E-state index contributed by atoms with van der Waals surface area (Å²) < 4.78 is 41.9. The smallest absolute Gasteiger partial charge is 0.271 e. The molecule has 1 heterocycles. The molecule has 0 bridgehead atoms. The summed E-state index contributed by atoms with van der Waals surface area (Å²) in [7, 11) is -0.337. The number of anilines is 1. The number of hydrogen-bond donors (Lipinski definition) is 1. The second-order valence-corrected chi connectivity index (χ2v) is 11.1. The molecule has 0 fully saturated rings. The molecule has 0 spiro atoms. The van der Waals surface area contributed by atoms with E-state index in [1.807, 2.05) is 6.07 Å². The van der Waals surface area contributed by atoms with Gasteiger partial charge in [0.05, 0.1) is 46.7 Å². The first-order chi connectivity index (χ1) is 17.8. The highest BCUT2D eigenvalue weighted by Crippen LogP contribution is 2.36. The average Bonchev–Trinajstić information content (AvgIpc) is 3.32. The van der Waals surface area contributed by atoms with E-state index in [0.717, 1.165) is 4.70 Å². The van der Waals surface area contributed by atoms with Crippen molar-refractivity contribution in [1.29, 1.82) is 5.26 Å². The van der Waals surface area contributed by atoms with Crippen molar-refractivity contribution in [3.05, 3.63) is 71.8 Å². The maximum atomic E-state index is 13.4. The van der Waals surface area contributed by atoms with Crippen molar-refractivity contribution in [1.82, 2.24) is 4.98 Å². The van der Waals surface area contributed by atoms with Crippen LogP contribution < -0.4 is 19.5 Å². The van der Waals surface area contributed by atoms with Crippen LogP contribution in [0.4, 0.5) is 5.13 Å². The van der Waals surface area contributed by atoms with Gasteiger partial charge in [-0.1, -0.05) is 30.4 Å². The number of ether oxygens (including phenoxy) is 3. The molecule has 0 saturated carbocycles. The number of methoxy groups -OCH3 is 2. The van der Waals surface area contributed by atoms with E-state index in [1.54, 1.807) is 55.5 Å². The Labute approximate surface area is 218 Å². The minimum absolute atomic E-state index is 0.0365. The Hall–Kier alpha value is -4.14. The lowest BCUT2D eigenvalue weighted by molar-refractivity contribution is -0.123. The van der Waals surface area contributed by atoms with Crippen molar-refractivity contribution in [2.24, 2.45) is 0 Å². The summed E-state index contributed by atoms with van der Waals surface area (Å²) in [6, 6.07) is 17.9. The standard InChI is InChI=1S/C26H23N3O6S2/c1-4-37(31,32)19-11-7-17(8-12-19)24(35-18-9-5-16(15-27)6-10-18)25(30)29-26-28-20-13-21(33-2)22(34-3)14-23(20)36-26/h5-14,24H,4H2,1-3H3,(H,28,29,30)/t24-/m0/s1. The molecular weight excluding hydrogens is 514 g/mol. The lowest BCUT2D eigenvalue weighted by Gasteiger charge is -2.19. The number of carbonyl (C=O) groups excluding carboxylic acids is 1. The van der Waals surface area contributed by atoms with E-state index in [-0.39, 0.29) is 10.6 Å². The number of nitriles is 1. The fourth-order valence-electron chi connectivity index (χ4n) is 3.51. The van der Waals surface area contributed by atoms with E-state index < -0.39 is 21.8 Å². The van der Waals surface area contributed by atoms with Gasteiger partial charge in [-0.2, -0.15) is 5.26 Å². The fourth-order valence-corrected chi connectivity index (χ4v) is 5.28. The zero-order valence-corrected chi connectivity index (χ0v) is 21.9. The molecule has 0 unspecified atom stereocenters. The third-order valence-corrected chi connectivity index (χ3v) is 8.21. The number of amides is 1. The van der Waals surface area contributed by atoms with Gasteiger partial charge in [-0.25, -0.2) is 13.4 Å². The molecule has 4 aromatic rings. The van der Waals surface area contributed by atoms with Crippen LogP contribution in [0.15, 0.2) is 65.6 Å². The third-order valence-electron chi connectivity index (χ3n) is 5.52. The largest absolute Gasteiger partial charge is 0.493 e. The highest BCUT2D eigenvalue weighted by atomic mass is 32.2. The number of rotatable bonds is 9. The molecule has 1 N–H and O–H groups in total. The predicted molar refractivity (Wildman–Crippen MR) is 140 cm³/mol. The summed E-state index contributed by atoms with van der Waals surface area (Å²) in [5.74, 6) is 0.880. The average molecular weight is 538 g/mol. The molecular formula is C26H23N3O6S2. The van der Waals surface area contributed by atoms with Crippen LogP contribution in [-0.2, 0) is 14.6 Å². The van der Waals surface area contributed by atoms with Crippen LogP contribution in [0.25, 0.3) is 10.2 Å². The number of thiazole rings is 1. The van der Waals surface area contributed by atoms with Gasteiger partial charge in [-0.3, -0.25) is 10.1 Å². The summed E-state index contributed by atoms with van der Waals surface area (Å²) in [6.07, 6.45) is -1.12. The quantitative estimate of drug-likeness (QED) is 0.324. The highest BCUT2D eigenvalue weighted by molar-refractivity contribution is 7.91. The summed E-state index contributed by atoms with van der Waals surface area (Å²) in [6.45, 7) is 1.57. The number of aromatic nitrogens is 1. The van der Waals surface area contributed by atoms with E-state index in [0.29, 0.717) is 39.0 Å². The van der Waals surface area contributed by atoms with Crippen molar-refractivity contribution in [2.45, 2.75) is 17.9 Å². The Morgan fingerprint density at radius 2 is 1.70 bits per heavy atom. The minimum atomic E-state index is -3.40. The van der Waals surface area contributed by atoms with Crippen molar-refractivity contribution >= 4 is 42.4 Å². The van der Waals surface area contributed by atoms with Crippen molar-refractivity contribution in [3.8, 4) is 23.3 Å². The van der Waals surface area contributed by atoms with Crippen molar-refractivity contribution in [2.75, 3.05) is 25.3 Å². The molecule has 0 aliphatic carbocycles. The molecule has 0 radical (unpaired) electrons. The second kappa shape index (κ2) is 10.9. The van der Waals surface area contributed by atoms with Crippen LogP contribution >= 0.6 is 11.3 Å². The SMILES string of the molecule is CCS(=O)(=O)c1ccc([C@H](Oc2ccc(C#N)cc2)C(=O)Nc2nc3cc(OC)c(OC)cc3s2)cc1. The van der Waals surface area contributed by atoms with Gasteiger partial charge in [0.2, 0.25) is 6.10 Å². The third kappa shape index (κ3) is 5.66. The Morgan fingerprint density at radius 3 is 2.30 bits per heavy atom. The monoisotopic (exact) mass is 537 g/mol. The van der Waals surface area contributed by atoms with Crippen LogP contribution in [0.2, 0.25) is 0 Å². The topological polar surface area (TPSA) is 128 Å². The van der Waals surface area contributed by atoms with Crippen LogP contribution in [-0.4, -0.2) is 39.3 Å². The lowest BCUT2D eigenvalue weighted by Crippen LogP contribution is -2.25. The summed E-state index contributed by atoms with van der Waals surface area (Å²) in [4.78, 5) is 18.0. The maximum Gasteiger partial charge on any atom is 0.271 e. The first kappa shape index (κ1) is 25.9. The second-order valence-electron chi connectivity index (χ2n) is 7.79. The number of nitrogens with one attached hydrogen (secondary N) is 1. The molecule has 9 nitrogen and oxygen atoms in total. The van der Waals surface area contributed by atoms with Crippen LogP contribution in [0.1, 0.15) is 24.2 Å². The zero-order valence-electron chi connectivity index (χ0n) is 20.2. The van der Waals surface area contributed by atoms with Gasteiger partial charge in [0.25, 0.3) is 5.91 Å². The fraction of sp³-hybridized carbons (Fsp3) is 0.192. The number of benzene rings is 3. The van der Waals surface area contributed by atoms with E-state index in [1.165, 1.54) is 37.7 Å². The number of carbonyl (C=O) groups is 1. The van der Waals surface area contributed by atoms with Gasteiger partial charge in [0, 0.05) is 17.7 Å². The highest BCUT2D eigenvalue weighted by Gasteiger charge is 2.25. The zero-order chi connectivity index (χ0) is 26.6.